The van der Waals surface area contributed by atoms with Gasteiger partial charge in [-0.2, -0.15) is 0 Å². The third-order valence-electron chi connectivity index (χ3n) is 4.11. The second-order valence-corrected chi connectivity index (χ2v) is 6.63. The fourth-order valence-electron chi connectivity index (χ4n) is 3.01. The molecule has 0 radical (unpaired) electrons. The highest BCUT2D eigenvalue weighted by atomic mass is 32.1. The van der Waals surface area contributed by atoms with E-state index in [4.69, 9.17) is 4.74 Å². The van der Waals surface area contributed by atoms with Gasteiger partial charge in [-0.25, -0.2) is 9.78 Å². The molecule has 1 aliphatic carbocycles. The molecule has 0 amide bonds. The lowest BCUT2D eigenvalue weighted by atomic mass is 10.2. The number of aromatic nitrogens is 1. The van der Waals surface area contributed by atoms with E-state index in [9.17, 15) is 9.90 Å². The minimum absolute atomic E-state index is 0.306. The highest BCUT2D eigenvalue weighted by Gasteiger charge is 2.37. The molecule has 0 aromatic carbocycles. The van der Waals surface area contributed by atoms with Gasteiger partial charge < -0.3 is 14.7 Å². The Labute approximate surface area is 115 Å². The van der Waals surface area contributed by atoms with Gasteiger partial charge in [-0.1, -0.05) is 11.3 Å². The van der Waals surface area contributed by atoms with Crippen molar-refractivity contribution in [2.45, 2.75) is 43.8 Å². The zero-order chi connectivity index (χ0) is 13.0. The summed E-state index contributed by atoms with van der Waals surface area (Å²) in [5.74, 6) is -0.448. The topological polar surface area (TPSA) is 62.7 Å². The first-order valence-electron chi connectivity index (χ1n) is 6.85. The molecule has 102 valence electrons. The van der Waals surface area contributed by atoms with Crippen LogP contribution in [-0.4, -0.2) is 41.4 Å². The van der Waals surface area contributed by atoms with Crippen molar-refractivity contribution in [1.82, 2.24) is 4.98 Å². The molecule has 3 fully saturated rings. The molecule has 3 aliphatic rings. The number of fused-ring (bicyclic) bond motifs is 2. The van der Waals surface area contributed by atoms with Crippen LogP contribution < -0.4 is 4.90 Å². The number of aromatic carboxylic acids is 1. The predicted molar refractivity (Wildman–Crippen MR) is 71.2 cm³/mol. The van der Waals surface area contributed by atoms with Crippen LogP contribution in [0.2, 0.25) is 0 Å². The van der Waals surface area contributed by atoms with Gasteiger partial charge in [0.2, 0.25) is 0 Å². The summed E-state index contributed by atoms with van der Waals surface area (Å²) in [7, 11) is 0. The van der Waals surface area contributed by atoms with E-state index < -0.39 is 5.97 Å². The van der Waals surface area contributed by atoms with Crippen LogP contribution in [0.25, 0.3) is 0 Å². The van der Waals surface area contributed by atoms with Crippen LogP contribution in [0.15, 0.2) is 0 Å². The number of rotatable bonds is 3. The summed E-state index contributed by atoms with van der Waals surface area (Å²) in [5, 5.41) is 10.2. The first kappa shape index (κ1) is 11.7. The molecule has 1 N–H and O–H groups in total. The van der Waals surface area contributed by atoms with E-state index in [1.54, 1.807) is 0 Å². The molecular formula is C13H16N2O3S. The molecule has 3 heterocycles. The number of nitrogens with zero attached hydrogens (tertiary/aromatic N) is 2. The Balaban J connectivity index is 1.64. The van der Waals surface area contributed by atoms with Crippen molar-refractivity contribution in [2.75, 3.05) is 18.0 Å². The lowest BCUT2D eigenvalue weighted by molar-refractivity contribution is 0.0304. The molecule has 5 nitrogen and oxygen atoms in total. The van der Waals surface area contributed by atoms with Gasteiger partial charge in [-0.3, -0.25) is 0 Å². The normalized spacial score (nSPS) is 29.8. The first-order valence-corrected chi connectivity index (χ1v) is 7.67. The van der Waals surface area contributed by atoms with E-state index in [1.165, 1.54) is 11.3 Å². The number of hydrogen-bond acceptors (Lipinski definition) is 5. The second kappa shape index (κ2) is 4.18. The summed E-state index contributed by atoms with van der Waals surface area (Å²) in [5.41, 5.74) is 0.811. The van der Waals surface area contributed by atoms with Crippen molar-refractivity contribution < 1.29 is 14.6 Å². The van der Waals surface area contributed by atoms with Gasteiger partial charge in [0, 0.05) is 19.0 Å². The largest absolute Gasteiger partial charge is 0.477 e. The first-order chi connectivity index (χ1) is 9.20. The zero-order valence-corrected chi connectivity index (χ0v) is 11.4. The molecule has 6 heteroatoms. The van der Waals surface area contributed by atoms with Gasteiger partial charge in [0.05, 0.1) is 17.9 Å². The lowest BCUT2D eigenvalue weighted by Gasteiger charge is -2.31. The third kappa shape index (κ3) is 2.03. The molecule has 4 rings (SSSR count). The standard InChI is InChI=1S/C13H16N2O3S/c16-12(17)11-10(7-1-2-7)14-13(19-11)15-5-8-3-4-9(6-15)18-8/h7-9H,1-6H2,(H,16,17). The Kier molecular flexibility index (Phi) is 2.57. The Hall–Kier alpha value is -1.14. The quantitative estimate of drug-likeness (QED) is 0.918. The van der Waals surface area contributed by atoms with E-state index in [1.807, 2.05) is 0 Å². The third-order valence-corrected chi connectivity index (χ3v) is 5.23. The average molecular weight is 280 g/mol. The van der Waals surface area contributed by atoms with E-state index in [2.05, 4.69) is 9.88 Å². The van der Waals surface area contributed by atoms with Crippen LogP contribution in [0.5, 0.6) is 0 Å². The summed E-state index contributed by atoms with van der Waals surface area (Å²) in [6, 6.07) is 0. The number of carboxylic acids is 1. The molecule has 1 aromatic heterocycles. The molecule has 0 spiro atoms. The van der Waals surface area contributed by atoms with E-state index in [-0.39, 0.29) is 0 Å². The smallest absolute Gasteiger partial charge is 0.347 e. The molecule has 19 heavy (non-hydrogen) atoms. The van der Waals surface area contributed by atoms with Crippen LogP contribution in [0, 0.1) is 0 Å². The summed E-state index contributed by atoms with van der Waals surface area (Å²) < 4.78 is 5.81. The summed E-state index contributed by atoms with van der Waals surface area (Å²) in [6.45, 7) is 1.71. The molecule has 2 unspecified atom stereocenters. The molecular weight excluding hydrogens is 264 g/mol. The van der Waals surface area contributed by atoms with E-state index in [0.717, 1.165) is 49.6 Å². The maximum absolute atomic E-state index is 11.3. The number of carboxylic acid groups (broad SMARTS) is 1. The minimum atomic E-state index is -0.832. The molecule has 1 saturated carbocycles. The Morgan fingerprint density at radius 3 is 2.53 bits per heavy atom. The number of morpholine rings is 1. The van der Waals surface area contributed by atoms with Crippen molar-refractivity contribution in [3.05, 3.63) is 10.6 Å². The van der Waals surface area contributed by atoms with Gasteiger partial charge in [-0.15, -0.1) is 0 Å². The van der Waals surface area contributed by atoms with Crippen LogP contribution in [0.1, 0.15) is 47.0 Å². The van der Waals surface area contributed by atoms with Gasteiger partial charge in [-0.05, 0) is 25.7 Å². The zero-order valence-electron chi connectivity index (χ0n) is 10.5. The second-order valence-electron chi connectivity index (χ2n) is 5.65. The molecule has 1 aromatic rings. The van der Waals surface area contributed by atoms with Crippen LogP contribution in [-0.2, 0) is 4.74 Å². The maximum Gasteiger partial charge on any atom is 0.347 e. The number of anilines is 1. The molecule has 2 atom stereocenters. The SMILES string of the molecule is O=C(O)c1sc(N2CC3CCC(C2)O3)nc1C1CC1. The van der Waals surface area contributed by atoms with Crippen LogP contribution >= 0.6 is 11.3 Å². The maximum atomic E-state index is 11.3. The number of hydrogen-bond donors (Lipinski definition) is 1. The lowest BCUT2D eigenvalue weighted by Crippen LogP contribution is -2.42. The van der Waals surface area contributed by atoms with E-state index >= 15 is 0 Å². The summed E-state index contributed by atoms with van der Waals surface area (Å²) in [4.78, 5) is 18.6. The Morgan fingerprint density at radius 1 is 1.26 bits per heavy atom. The van der Waals surface area contributed by atoms with Crippen molar-refractivity contribution in [1.29, 1.82) is 0 Å². The fourth-order valence-corrected chi connectivity index (χ4v) is 4.02. The molecule has 2 aliphatic heterocycles. The van der Waals surface area contributed by atoms with Gasteiger partial charge in [0.15, 0.2) is 5.13 Å². The number of carbonyl (C=O) groups is 1. The average Bonchev–Trinajstić information content (AvgIpc) is 3.05. The van der Waals surface area contributed by atoms with Crippen molar-refractivity contribution in [3.63, 3.8) is 0 Å². The van der Waals surface area contributed by atoms with Crippen molar-refractivity contribution >= 4 is 22.4 Å². The molecule has 2 bridgehead atoms. The highest BCUT2D eigenvalue weighted by molar-refractivity contribution is 7.17. The fraction of sp³-hybridized carbons (Fsp3) is 0.692. The Morgan fingerprint density at radius 2 is 1.95 bits per heavy atom. The Bertz CT molecular complexity index is 514. The van der Waals surface area contributed by atoms with Crippen LogP contribution in [0.3, 0.4) is 0 Å². The summed E-state index contributed by atoms with van der Waals surface area (Å²) in [6.07, 6.45) is 5.01. The predicted octanol–water partition coefficient (Wildman–Crippen LogP) is 2.09. The van der Waals surface area contributed by atoms with Gasteiger partial charge >= 0.3 is 5.97 Å². The van der Waals surface area contributed by atoms with Crippen molar-refractivity contribution in [2.24, 2.45) is 0 Å². The van der Waals surface area contributed by atoms with Gasteiger partial charge in [0.1, 0.15) is 4.88 Å². The van der Waals surface area contributed by atoms with E-state index in [0.29, 0.717) is 23.0 Å². The molecule has 2 saturated heterocycles. The number of ether oxygens (including phenoxy) is 1. The monoisotopic (exact) mass is 280 g/mol. The minimum Gasteiger partial charge on any atom is -0.477 e. The highest BCUT2D eigenvalue weighted by Crippen LogP contribution is 2.44. The van der Waals surface area contributed by atoms with Gasteiger partial charge in [0.25, 0.3) is 0 Å². The number of thiazole rings is 1. The van der Waals surface area contributed by atoms with Crippen LogP contribution in [0.4, 0.5) is 5.13 Å². The summed E-state index contributed by atoms with van der Waals surface area (Å²) >= 11 is 1.33. The van der Waals surface area contributed by atoms with Crippen molar-refractivity contribution in [3.8, 4) is 0 Å².